The topological polar surface area (TPSA) is 24.7 Å². The zero-order chi connectivity index (χ0) is 23.0. The lowest BCUT2D eigenvalue weighted by atomic mass is 10.00. The summed E-state index contributed by atoms with van der Waals surface area (Å²) in [6, 6.07) is 17.1. The average molecular weight is 433 g/mol. The number of hydrogen-bond donors (Lipinski definition) is 0. The van der Waals surface area contributed by atoms with Crippen molar-refractivity contribution in [1.29, 1.82) is 0 Å². The smallest absolute Gasteiger partial charge is 0.0636 e. The molecule has 0 saturated heterocycles. The maximum absolute atomic E-state index is 5.21. The number of unbranched alkanes of at least 4 members (excludes halogenated alkanes) is 6. The zero-order valence-corrected chi connectivity index (χ0v) is 21.0. The van der Waals surface area contributed by atoms with Gasteiger partial charge in [0, 0.05) is 0 Å². The number of aliphatic imine (C=N–C) groups is 2. The largest absolute Gasteiger partial charge is 0.252 e. The van der Waals surface area contributed by atoms with Crippen LogP contribution in [0.1, 0.15) is 103 Å². The molecule has 0 unspecified atom stereocenters. The second kappa shape index (κ2) is 15.6. The first-order valence-corrected chi connectivity index (χ1v) is 13.0. The fourth-order valence-electron chi connectivity index (χ4n) is 4.12. The first-order chi connectivity index (χ1) is 15.7. The molecule has 0 aliphatic carbocycles. The normalized spacial score (nSPS) is 12.4. The van der Waals surface area contributed by atoms with Crippen LogP contribution in [0.4, 0.5) is 11.4 Å². The maximum atomic E-state index is 5.21. The number of hydrogen-bond acceptors (Lipinski definition) is 2. The van der Waals surface area contributed by atoms with Gasteiger partial charge in [0.2, 0.25) is 0 Å². The average Bonchev–Trinajstić information content (AvgIpc) is 2.83. The summed E-state index contributed by atoms with van der Waals surface area (Å²) < 4.78 is 0. The van der Waals surface area contributed by atoms with Crippen molar-refractivity contribution >= 4 is 22.8 Å². The van der Waals surface area contributed by atoms with Crippen molar-refractivity contribution in [3.8, 4) is 0 Å². The number of benzene rings is 2. The van der Waals surface area contributed by atoms with Crippen LogP contribution in [0.25, 0.3) is 0 Å². The molecule has 0 bridgehead atoms. The molecule has 0 aromatic heterocycles. The van der Waals surface area contributed by atoms with Gasteiger partial charge in [0.1, 0.15) is 0 Å². The molecular weight excluding hydrogens is 388 g/mol. The van der Waals surface area contributed by atoms with Crippen LogP contribution in [0.5, 0.6) is 0 Å². The van der Waals surface area contributed by atoms with E-state index in [9.17, 15) is 0 Å². The highest BCUT2D eigenvalue weighted by atomic mass is 14.8. The fraction of sp³-hybridized carbons (Fsp3) is 0.533. The third kappa shape index (κ3) is 9.10. The monoisotopic (exact) mass is 432 g/mol. The Balaban J connectivity index is 2.34. The molecule has 0 N–H and O–H groups in total. The molecule has 0 heterocycles. The molecule has 0 atom stereocenters. The van der Waals surface area contributed by atoms with E-state index in [1.54, 1.807) is 0 Å². The maximum Gasteiger partial charge on any atom is 0.0636 e. The molecule has 2 rings (SSSR count). The molecule has 0 amide bonds. The van der Waals surface area contributed by atoms with Crippen LogP contribution in [0.2, 0.25) is 0 Å². The minimum atomic E-state index is 0.994. The van der Waals surface area contributed by atoms with E-state index >= 15 is 0 Å². The second-order valence-corrected chi connectivity index (χ2v) is 8.73. The Morgan fingerprint density at radius 2 is 1.16 bits per heavy atom. The van der Waals surface area contributed by atoms with Gasteiger partial charge in [-0.25, -0.2) is 0 Å². The Labute approximate surface area is 197 Å². The van der Waals surface area contributed by atoms with E-state index in [1.807, 2.05) is 0 Å². The predicted octanol–water partition coefficient (Wildman–Crippen LogP) is 9.60. The van der Waals surface area contributed by atoms with Crippen LogP contribution < -0.4 is 0 Å². The standard InChI is InChI=1S/C30H44N2/c1-5-9-11-12-13-17-21-30(32-28-23-22-25(7-3)26(8-4)24-28)29(20-10-6-2)31-27-18-15-14-16-19-27/h14-16,18-19,22-24H,5-13,17,20-21H2,1-4H3. The molecule has 0 spiro atoms. The molecule has 0 aliphatic heterocycles. The number of nitrogens with zero attached hydrogens (tertiary/aromatic N) is 2. The van der Waals surface area contributed by atoms with E-state index in [1.165, 1.54) is 67.5 Å². The Bertz CT molecular complexity index is 833. The predicted molar refractivity (Wildman–Crippen MR) is 143 cm³/mol. The zero-order valence-electron chi connectivity index (χ0n) is 21.0. The molecule has 0 aliphatic rings. The van der Waals surface area contributed by atoms with Gasteiger partial charge < -0.3 is 0 Å². The van der Waals surface area contributed by atoms with Gasteiger partial charge >= 0.3 is 0 Å². The Morgan fingerprint density at radius 1 is 0.562 bits per heavy atom. The molecule has 0 saturated carbocycles. The van der Waals surface area contributed by atoms with Gasteiger partial charge in [-0.1, -0.05) is 90.5 Å². The molecule has 2 aromatic rings. The Hall–Kier alpha value is -2.22. The third-order valence-corrected chi connectivity index (χ3v) is 6.10. The molecule has 2 heteroatoms. The number of aryl methyl sites for hydroxylation is 2. The molecule has 2 nitrogen and oxygen atoms in total. The van der Waals surface area contributed by atoms with E-state index in [4.69, 9.17) is 9.98 Å². The van der Waals surface area contributed by atoms with Crippen molar-refractivity contribution in [1.82, 2.24) is 0 Å². The fourth-order valence-corrected chi connectivity index (χ4v) is 4.12. The van der Waals surface area contributed by atoms with Gasteiger partial charge in [-0.05, 0) is 73.9 Å². The van der Waals surface area contributed by atoms with E-state index in [0.29, 0.717) is 0 Å². The van der Waals surface area contributed by atoms with Gasteiger partial charge in [-0.3, -0.25) is 9.98 Å². The molecular formula is C30H44N2. The van der Waals surface area contributed by atoms with Crippen LogP contribution in [0, 0.1) is 0 Å². The van der Waals surface area contributed by atoms with Gasteiger partial charge in [-0.15, -0.1) is 0 Å². The lowest BCUT2D eigenvalue weighted by molar-refractivity contribution is 0.616. The first-order valence-electron chi connectivity index (χ1n) is 13.0. The lowest BCUT2D eigenvalue weighted by Crippen LogP contribution is -2.14. The molecule has 0 radical (unpaired) electrons. The van der Waals surface area contributed by atoms with E-state index in [0.717, 1.165) is 43.5 Å². The highest BCUT2D eigenvalue weighted by Gasteiger charge is 2.11. The SMILES string of the molecule is CCCCCCCCC(=Nc1ccc(CC)c(CC)c1)C(CCCC)=Nc1ccccc1. The molecule has 32 heavy (non-hydrogen) atoms. The quantitative estimate of drug-likeness (QED) is 0.198. The summed E-state index contributed by atoms with van der Waals surface area (Å²) >= 11 is 0. The van der Waals surface area contributed by atoms with Gasteiger partial charge in [0.05, 0.1) is 22.8 Å². The summed E-state index contributed by atoms with van der Waals surface area (Å²) in [4.78, 5) is 10.3. The van der Waals surface area contributed by atoms with Crippen molar-refractivity contribution in [2.45, 2.75) is 105 Å². The highest BCUT2D eigenvalue weighted by molar-refractivity contribution is 6.43. The van der Waals surface area contributed by atoms with E-state index in [-0.39, 0.29) is 0 Å². The molecule has 174 valence electrons. The Morgan fingerprint density at radius 3 is 1.81 bits per heavy atom. The van der Waals surface area contributed by atoms with Crippen LogP contribution in [0.3, 0.4) is 0 Å². The second-order valence-electron chi connectivity index (χ2n) is 8.73. The summed E-state index contributed by atoms with van der Waals surface area (Å²) in [6.07, 6.45) is 14.2. The van der Waals surface area contributed by atoms with Crippen molar-refractivity contribution < 1.29 is 0 Å². The summed E-state index contributed by atoms with van der Waals surface area (Å²) in [7, 11) is 0. The summed E-state index contributed by atoms with van der Waals surface area (Å²) in [5, 5.41) is 0. The minimum Gasteiger partial charge on any atom is -0.252 e. The first kappa shape index (κ1) is 26.0. The van der Waals surface area contributed by atoms with Crippen molar-refractivity contribution in [2.24, 2.45) is 9.98 Å². The van der Waals surface area contributed by atoms with Crippen LogP contribution in [-0.4, -0.2) is 11.4 Å². The Kier molecular flexibility index (Phi) is 12.7. The van der Waals surface area contributed by atoms with Crippen molar-refractivity contribution in [3.63, 3.8) is 0 Å². The van der Waals surface area contributed by atoms with Gasteiger partial charge in [0.25, 0.3) is 0 Å². The summed E-state index contributed by atoms with van der Waals surface area (Å²) in [6.45, 7) is 9.00. The number of para-hydroxylation sites is 1. The summed E-state index contributed by atoms with van der Waals surface area (Å²) in [5.74, 6) is 0. The lowest BCUT2D eigenvalue weighted by Gasteiger charge is -2.13. The van der Waals surface area contributed by atoms with Crippen molar-refractivity contribution in [3.05, 3.63) is 59.7 Å². The minimum absolute atomic E-state index is 0.994. The van der Waals surface area contributed by atoms with Crippen LogP contribution >= 0.6 is 0 Å². The molecule has 2 aromatic carbocycles. The van der Waals surface area contributed by atoms with Gasteiger partial charge in [-0.2, -0.15) is 0 Å². The van der Waals surface area contributed by atoms with E-state index < -0.39 is 0 Å². The van der Waals surface area contributed by atoms with Crippen LogP contribution in [-0.2, 0) is 12.8 Å². The van der Waals surface area contributed by atoms with Crippen molar-refractivity contribution in [2.75, 3.05) is 0 Å². The highest BCUT2D eigenvalue weighted by Crippen LogP contribution is 2.23. The van der Waals surface area contributed by atoms with Crippen LogP contribution in [0.15, 0.2) is 58.5 Å². The van der Waals surface area contributed by atoms with Gasteiger partial charge in [0.15, 0.2) is 0 Å². The number of rotatable bonds is 15. The third-order valence-electron chi connectivity index (χ3n) is 6.10. The van der Waals surface area contributed by atoms with E-state index in [2.05, 4.69) is 76.2 Å². The molecule has 0 fully saturated rings. The summed E-state index contributed by atoms with van der Waals surface area (Å²) in [5.41, 5.74) is 7.33.